The van der Waals surface area contributed by atoms with E-state index in [1.54, 1.807) is 0 Å². The zero-order valence-electron chi connectivity index (χ0n) is 21.1. The summed E-state index contributed by atoms with van der Waals surface area (Å²) in [4.78, 5) is 51.1. The molecule has 1 N–H and O–H groups in total. The number of hydrogen-bond donors (Lipinski definition) is 1. The number of carbonyl (C=O) groups is 4. The van der Waals surface area contributed by atoms with E-state index < -0.39 is 30.0 Å². The highest BCUT2D eigenvalue weighted by Crippen LogP contribution is 2.02. The van der Waals surface area contributed by atoms with Gasteiger partial charge in [0.15, 0.2) is 0 Å². The monoisotopic (exact) mass is 490 g/mol. The fraction of sp³-hybridized carbons (Fsp3) is 0.826. The van der Waals surface area contributed by atoms with Gasteiger partial charge >= 0.3 is 23.9 Å². The molecule has 0 spiro atoms. The van der Waals surface area contributed by atoms with Crippen molar-refractivity contribution in [3.05, 3.63) is 0 Å². The maximum atomic E-state index is 12.1. The van der Waals surface area contributed by atoms with Gasteiger partial charge in [0.2, 0.25) is 0 Å². The van der Waals surface area contributed by atoms with E-state index in [2.05, 4.69) is 0 Å². The van der Waals surface area contributed by atoms with Crippen LogP contribution in [-0.4, -0.2) is 111 Å². The van der Waals surface area contributed by atoms with Gasteiger partial charge in [-0.3, -0.25) is 29.0 Å². The number of carbonyl (C=O) groups excluding carboxylic acids is 4. The van der Waals surface area contributed by atoms with Crippen molar-refractivity contribution in [2.75, 3.05) is 65.7 Å². The average Bonchev–Trinajstić information content (AvgIpc) is 2.78. The lowest BCUT2D eigenvalue weighted by Gasteiger charge is -2.27. The topological polar surface area (TPSA) is 132 Å². The molecule has 0 fully saturated rings. The minimum atomic E-state index is -1.09. The van der Waals surface area contributed by atoms with Crippen LogP contribution in [0.15, 0.2) is 0 Å². The third-order valence-electron chi connectivity index (χ3n) is 4.22. The van der Waals surface area contributed by atoms with E-state index in [1.807, 2.05) is 27.7 Å². The fourth-order valence-corrected chi connectivity index (χ4v) is 2.80. The number of aliphatic hydroxyl groups is 1. The van der Waals surface area contributed by atoms with Crippen molar-refractivity contribution in [3.63, 3.8) is 0 Å². The Morgan fingerprint density at radius 1 is 0.559 bits per heavy atom. The van der Waals surface area contributed by atoms with Crippen LogP contribution in [0.25, 0.3) is 0 Å². The number of ether oxygens (including phenoxy) is 4. The highest BCUT2D eigenvalue weighted by Gasteiger charge is 2.24. The summed E-state index contributed by atoms with van der Waals surface area (Å²) in [5.41, 5.74) is 0. The van der Waals surface area contributed by atoms with Gasteiger partial charge in [-0.2, -0.15) is 0 Å². The maximum absolute atomic E-state index is 12.1. The van der Waals surface area contributed by atoms with Gasteiger partial charge in [0.25, 0.3) is 0 Å². The summed E-state index contributed by atoms with van der Waals surface area (Å²) >= 11 is 0. The first-order valence-electron chi connectivity index (χ1n) is 12.0. The Bertz CT molecular complexity index is 507. The smallest absolute Gasteiger partial charge is 0.320 e. The normalized spacial score (nSPS) is 11.1. The number of esters is 4. The van der Waals surface area contributed by atoms with Crippen LogP contribution in [0.5, 0.6) is 0 Å². The summed E-state index contributed by atoms with van der Waals surface area (Å²) in [5, 5.41) is 10.7. The summed E-state index contributed by atoms with van der Waals surface area (Å²) in [7, 11) is 0. The summed E-state index contributed by atoms with van der Waals surface area (Å²) in [6, 6.07) is 0. The second-order valence-electron chi connectivity index (χ2n) is 7.87. The van der Waals surface area contributed by atoms with Gasteiger partial charge in [0, 0.05) is 13.1 Å². The van der Waals surface area contributed by atoms with Crippen molar-refractivity contribution < 1.29 is 43.2 Å². The van der Waals surface area contributed by atoms with E-state index in [-0.39, 0.29) is 65.7 Å². The van der Waals surface area contributed by atoms with Gasteiger partial charge in [-0.05, 0) is 25.7 Å². The lowest BCUT2D eigenvalue weighted by atomic mass is 10.2. The maximum Gasteiger partial charge on any atom is 0.320 e. The van der Waals surface area contributed by atoms with Crippen molar-refractivity contribution in [3.8, 4) is 0 Å². The van der Waals surface area contributed by atoms with Crippen LogP contribution < -0.4 is 0 Å². The van der Waals surface area contributed by atoms with E-state index in [0.29, 0.717) is 25.7 Å². The molecule has 0 aromatic carbocycles. The lowest BCUT2D eigenvalue weighted by molar-refractivity contribution is -0.149. The summed E-state index contributed by atoms with van der Waals surface area (Å²) < 4.78 is 20.3. The first-order valence-corrected chi connectivity index (χ1v) is 12.0. The molecule has 0 heterocycles. The van der Waals surface area contributed by atoms with Crippen LogP contribution in [-0.2, 0) is 38.1 Å². The average molecular weight is 491 g/mol. The molecule has 198 valence electrons. The number of hydrogen-bond acceptors (Lipinski definition) is 11. The van der Waals surface area contributed by atoms with Crippen molar-refractivity contribution in [2.45, 2.75) is 59.5 Å². The summed E-state index contributed by atoms with van der Waals surface area (Å²) in [5.74, 6) is -2.11. The van der Waals surface area contributed by atoms with Gasteiger partial charge in [-0.25, -0.2) is 0 Å². The third kappa shape index (κ3) is 17.3. The molecule has 0 saturated heterocycles. The van der Waals surface area contributed by atoms with Crippen molar-refractivity contribution in [2.24, 2.45) is 0 Å². The van der Waals surface area contributed by atoms with E-state index in [1.165, 1.54) is 9.80 Å². The zero-order valence-corrected chi connectivity index (χ0v) is 21.1. The molecule has 0 aliphatic heterocycles. The molecular formula is C23H42N2O9. The molecule has 0 atom stereocenters. The predicted octanol–water partition coefficient (Wildman–Crippen LogP) is 0.764. The van der Waals surface area contributed by atoms with Crippen LogP contribution in [0.1, 0.15) is 53.4 Å². The first kappa shape index (κ1) is 31.8. The Balaban J connectivity index is 5.15. The highest BCUT2D eigenvalue weighted by atomic mass is 16.5. The van der Waals surface area contributed by atoms with Crippen molar-refractivity contribution in [1.29, 1.82) is 0 Å². The minimum absolute atomic E-state index is 0.0764. The Labute approximate surface area is 202 Å². The van der Waals surface area contributed by atoms with Gasteiger partial charge in [0.1, 0.15) is 0 Å². The van der Waals surface area contributed by atoms with Crippen LogP contribution >= 0.6 is 0 Å². The fourth-order valence-electron chi connectivity index (χ4n) is 2.80. The molecule has 0 radical (unpaired) electrons. The van der Waals surface area contributed by atoms with Gasteiger partial charge in [-0.1, -0.05) is 27.7 Å². The largest absolute Gasteiger partial charge is 0.465 e. The molecule has 34 heavy (non-hydrogen) atoms. The first-order chi connectivity index (χ1) is 16.2. The standard InChI is InChI=1S/C23H42N2O9/c1-5-9-31-20(27)15-24(16-21(28)32-10-6-2)13-19(26)14-25(17-22(29)33-11-7-3)18-23(30)34-12-8-4/h19,26H,5-18H2,1-4H3. The zero-order chi connectivity index (χ0) is 25.8. The molecule has 0 amide bonds. The minimum Gasteiger partial charge on any atom is -0.465 e. The van der Waals surface area contributed by atoms with Gasteiger partial charge in [0.05, 0.1) is 58.7 Å². The van der Waals surface area contributed by atoms with E-state index in [0.717, 1.165) is 0 Å². The second kappa shape index (κ2) is 20.2. The molecule has 0 saturated carbocycles. The van der Waals surface area contributed by atoms with Crippen LogP contribution in [0.4, 0.5) is 0 Å². The molecule has 0 aromatic heterocycles. The Kier molecular flexibility index (Phi) is 18.8. The van der Waals surface area contributed by atoms with E-state index >= 15 is 0 Å². The quantitative estimate of drug-likeness (QED) is 0.192. The number of aliphatic hydroxyl groups excluding tert-OH is 1. The van der Waals surface area contributed by atoms with Crippen LogP contribution in [0, 0.1) is 0 Å². The Morgan fingerprint density at radius 2 is 0.794 bits per heavy atom. The van der Waals surface area contributed by atoms with Gasteiger partial charge < -0.3 is 24.1 Å². The Morgan fingerprint density at radius 3 is 1.00 bits per heavy atom. The summed E-state index contributed by atoms with van der Waals surface area (Å²) in [6.07, 6.45) is 1.54. The Hall–Kier alpha value is -2.24. The number of rotatable bonds is 20. The number of nitrogens with zero attached hydrogens (tertiary/aromatic N) is 2. The van der Waals surface area contributed by atoms with E-state index in [9.17, 15) is 24.3 Å². The molecule has 0 aliphatic carbocycles. The van der Waals surface area contributed by atoms with E-state index in [4.69, 9.17) is 18.9 Å². The van der Waals surface area contributed by atoms with Gasteiger partial charge in [-0.15, -0.1) is 0 Å². The third-order valence-corrected chi connectivity index (χ3v) is 4.22. The second-order valence-corrected chi connectivity index (χ2v) is 7.87. The molecular weight excluding hydrogens is 448 g/mol. The van der Waals surface area contributed by atoms with Crippen LogP contribution in [0.3, 0.4) is 0 Å². The predicted molar refractivity (Wildman–Crippen MR) is 124 cm³/mol. The molecule has 11 heteroatoms. The molecule has 0 bridgehead atoms. The molecule has 0 rings (SSSR count). The molecule has 11 nitrogen and oxygen atoms in total. The summed E-state index contributed by atoms with van der Waals surface area (Å²) in [6.45, 7) is 7.46. The molecule has 0 aliphatic rings. The van der Waals surface area contributed by atoms with Crippen LogP contribution in [0.2, 0.25) is 0 Å². The molecule has 0 unspecified atom stereocenters. The SMILES string of the molecule is CCCOC(=O)CN(CC(=O)OCCC)CC(O)CN(CC(=O)OCCC)CC(=O)OCCC. The van der Waals surface area contributed by atoms with Crippen molar-refractivity contribution in [1.82, 2.24) is 9.80 Å². The lowest BCUT2D eigenvalue weighted by Crippen LogP contribution is -2.46. The highest BCUT2D eigenvalue weighted by molar-refractivity contribution is 5.75. The molecule has 0 aromatic rings. The van der Waals surface area contributed by atoms with Crippen molar-refractivity contribution >= 4 is 23.9 Å².